The Bertz CT molecular complexity index is 676. The third kappa shape index (κ3) is 4.99. The summed E-state index contributed by atoms with van der Waals surface area (Å²) in [5.41, 5.74) is 5.97. The number of ether oxygens (including phenoxy) is 1. The average molecular weight is 390 g/mol. The lowest BCUT2D eigenvalue weighted by molar-refractivity contribution is -0.127. The Morgan fingerprint density at radius 3 is 2.79 bits per heavy atom. The van der Waals surface area contributed by atoms with Gasteiger partial charge in [0.15, 0.2) is 0 Å². The molecule has 2 aliphatic rings. The molecule has 0 aromatic carbocycles. The number of hydrogen-bond acceptors (Lipinski definition) is 6. The fourth-order valence-electron chi connectivity index (χ4n) is 4.26. The number of primary amides is 1. The summed E-state index contributed by atoms with van der Waals surface area (Å²) in [7, 11) is 1.64. The number of aromatic nitrogens is 1. The van der Waals surface area contributed by atoms with E-state index in [0.717, 1.165) is 51.9 Å². The highest BCUT2D eigenvalue weighted by Crippen LogP contribution is 2.27. The van der Waals surface area contributed by atoms with Gasteiger partial charge in [0.1, 0.15) is 5.82 Å². The maximum absolute atomic E-state index is 12.4. The molecule has 3 N–H and O–H groups in total. The first-order valence-corrected chi connectivity index (χ1v) is 10.1. The van der Waals surface area contributed by atoms with E-state index in [1.165, 1.54) is 0 Å². The lowest BCUT2D eigenvalue weighted by Gasteiger charge is -2.42. The predicted octanol–water partition coefficient (Wildman–Crippen LogP) is 0.624. The van der Waals surface area contributed by atoms with Gasteiger partial charge in [0.05, 0.1) is 18.1 Å². The molecule has 0 aliphatic carbocycles. The molecular weight excluding hydrogens is 358 g/mol. The second kappa shape index (κ2) is 9.84. The smallest absolute Gasteiger partial charge is 0.252 e. The van der Waals surface area contributed by atoms with Crippen molar-refractivity contribution in [3.05, 3.63) is 23.9 Å². The van der Waals surface area contributed by atoms with Gasteiger partial charge in [0, 0.05) is 45.5 Å². The summed E-state index contributed by atoms with van der Waals surface area (Å²) < 4.78 is 5.00. The standard InChI is InChI=1S/C20H31N5O3/c1-28-13-9-23-20(27)15-4-3-10-25(14-15)16-6-11-24(12-7-16)19-17(18(21)26)5-2-8-22-19/h2,5,8,15-16H,3-4,6-7,9-14H2,1H3,(H2,21,26)(H,23,27). The lowest BCUT2D eigenvalue weighted by Crippen LogP contribution is -2.51. The van der Waals surface area contributed by atoms with Crippen molar-refractivity contribution in [1.82, 2.24) is 15.2 Å². The summed E-state index contributed by atoms with van der Waals surface area (Å²) in [5.74, 6) is 0.436. The topological polar surface area (TPSA) is 101 Å². The van der Waals surface area contributed by atoms with Crippen LogP contribution in [0.25, 0.3) is 0 Å². The number of nitrogens with two attached hydrogens (primary N) is 1. The van der Waals surface area contributed by atoms with Crippen LogP contribution in [0.3, 0.4) is 0 Å². The van der Waals surface area contributed by atoms with Crippen LogP contribution in [0, 0.1) is 5.92 Å². The molecule has 2 amide bonds. The Hall–Kier alpha value is -2.19. The molecule has 0 saturated carbocycles. The van der Waals surface area contributed by atoms with E-state index < -0.39 is 5.91 Å². The van der Waals surface area contributed by atoms with Crippen molar-refractivity contribution in [1.29, 1.82) is 0 Å². The lowest BCUT2D eigenvalue weighted by atomic mass is 9.93. The van der Waals surface area contributed by atoms with Crippen molar-refractivity contribution in [2.24, 2.45) is 11.7 Å². The van der Waals surface area contributed by atoms with Crippen molar-refractivity contribution in [2.75, 3.05) is 51.3 Å². The SMILES string of the molecule is COCCNC(=O)C1CCCN(C2CCN(c3ncccc3C(N)=O)CC2)C1. The van der Waals surface area contributed by atoms with Crippen LogP contribution in [0.1, 0.15) is 36.0 Å². The molecule has 2 aliphatic heterocycles. The minimum Gasteiger partial charge on any atom is -0.383 e. The minimum atomic E-state index is -0.441. The van der Waals surface area contributed by atoms with Gasteiger partial charge in [-0.1, -0.05) is 0 Å². The van der Waals surface area contributed by atoms with Gasteiger partial charge in [-0.3, -0.25) is 14.5 Å². The van der Waals surface area contributed by atoms with Crippen LogP contribution in [-0.4, -0.2) is 74.2 Å². The molecule has 3 heterocycles. The number of pyridine rings is 1. The number of carbonyl (C=O) groups is 2. The second-order valence-electron chi connectivity index (χ2n) is 7.57. The van der Waals surface area contributed by atoms with Crippen LogP contribution in [0.5, 0.6) is 0 Å². The molecule has 8 heteroatoms. The Morgan fingerprint density at radius 2 is 2.07 bits per heavy atom. The number of nitrogens with one attached hydrogen (secondary N) is 1. The first kappa shape index (κ1) is 20.5. The second-order valence-corrected chi connectivity index (χ2v) is 7.57. The molecule has 8 nitrogen and oxygen atoms in total. The zero-order valence-corrected chi connectivity index (χ0v) is 16.6. The minimum absolute atomic E-state index is 0.0564. The number of rotatable bonds is 7. The zero-order chi connectivity index (χ0) is 19.9. The van der Waals surface area contributed by atoms with E-state index in [4.69, 9.17) is 10.5 Å². The van der Waals surface area contributed by atoms with Gasteiger partial charge in [-0.25, -0.2) is 4.98 Å². The van der Waals surface area contributed by atoms with Gasteiger partial charge < -0.3 is 20.7 Å². The molecule has 0 bridgehead atoms. The van der Waals surface area contributed by atoms with Crippen LogP contribution >= 0.6 is 0 Å². The Kier molecular flexibility index (Phi) is 7.22. The highest BCUT2D eigenvalue weighted by Gasteiger charge is 2.32. The number of nitrogens with zero attached hydrogens (tertiary/aromatic N) is 3. The number of hydrogen-bond donors (Lipinski definition) is 2. The summed E-state index contributed by atoms with van der Waals surface area (Å²) in [5, 5.41) is 2.97. The average Bonchev–Trinajstić information content (AvgIpc) is 2.74. The fourth-order valence-corrected chi connectivity index (χ4v) is 4.26. The highest BCUT2D eigenvalue weighted by atomic mass is 16.5. The quantitative estimate of drug-likeness (QED) is 0.663. The van der Waals surface area contributed by atoms with Crippen molar-refractivity contribution in [3.8, 4) is 0 Å². The van der Waals surface area contributed by atoms with Crippen molar-refractivity contribution in [2.45, 2.75) is 31.7 Å². The Morgan fingerprint density at radius 1 is 1.29 bits per heavy atom. The first-order chi connectivity index (χ1) is 13.6. The Labute approximate surface area is 166 Å². The van der Waals surface area contributed by atoms with Crippen molar-refractivity contribution in [3.63, 3.8) is 0 Å². The maximum Gasteiger partial charge on any atom is 0.252 e. The van der Waals surface area contributed by atoms with Gasteiger partial charge in [-0.2, -0.15) is 0 Å². The highest BCUT2D eigenvalue weighted by molar-refractivity contribution is 5.97. The van der Waals surface area contributed by atoms with E-state index in [1.807, 2.05) is 0 Å². The number of amides is 2. The summed E-state index contributed by atoms with van der Waals surface area (Å²) in [6, 6.07) is 3.93. The van der Waals surface area contributed by atoms with E-state index in [9.17, 15) is 9.59 Å². The predicted molar refractivity (Wildman–Crippen MR) is 107 cm³/mol. The number of carbonyl (C=O) groups excluding carboxylic acids is 2. The van der Waals surface area contributed by atoms with Crippen LogP contribution in [0.15, 0.2) is 18.3 Å². The number of anilines is 1. The van der Waals surface area contributed by atoms with Gasteiger partial charge in [0.25, 0.3) is 5.91 Å². The molecule has 154 valence electrons. The van der Waals surface area contributed by atoms with Gasteiger partial charge in [-0.15, -0.1) is 0 Å². The molecule has 1 aromatic heterocycles. The first-order valence-electron chi connectivity index (χ1n) is 10.1. The molecule has 28 heavy (non-hydrogen) atoms. The molecule has 1 atom stereocenters. The molecule has 2 saturated heterocycles. The fraction of sp³-hybridized carbons (Fsp3) is 0.650. The number of methoxy groups -OCH3 is 1. The summed E-state index contributed by atoms with van der Waals surface area (Å²) in [4.78, 5) is 33.1. The summed E-state index contributed by atoms with van der Waals surface area (Å²) in [6.07, 6.45) is 5.68. The van der Waals surface area contributed by atoms with Crippen LogP contribution in [0.2, 0.25) is 0 Å². The molecular formula is C20H31N5O3. The van der Waals surface area contributed by atoms with Gasteiger partial charge in [-0.05, 0) is 44.4 Å². The van der Waals surface area contributed by atoms with E-state index >= 15 is 0 Å². The number of piperidine rings is 2. The third-order valence-electron chi connectivity index (χ3n) is 5.76. The largest absolute Gasteiger partial charge is 0.383 e. The van der Waals surface area contributed by atoms with Gasteiger partial charge >= 0.3 is 0 Å². The molecule has 1 aromatic rings. The van der Waals surface area contributed by atoms with E-state index in [-0.39, 0.29) is 11.8 Å². The number of likely N-dealkylation sites (tertiary alicyclic amines) is 1. The molecule has 2 fully saturated rings. The molecule has 0 radical (unpaired) electrons. The zero-order valence-electron chi connectivity index (χ0n) is 16.6. The van der Waals surface area contributed by atoms with Crippen molar-refractivity contribution < 1.29 is 14.3 Å². The molecule has 1 unspecified atom stereocenters. The van der Waals surface area contributed by atoms with Gasteiger partial charge in [0.2, 0.25) is 5.91 Å². The van der Waals surface area contributed by atoms with E-state index in [1.54, 1.807) is 25.4 Å². The third-order valence-corrected chi connectivity index (χ3v) is 5.76. The maximum atomic E-state index is 12.4. The van der Waals surface area contributed by atoms with Crippen LogP contribution in [-0.2, 0) is 9.53 Å². The monoisotopic (exact) mass is 389 g/mol. The van der Waals surface area contributed by atoms with E-state index in [0.29, 0.717) is 30.6 Å². The Balaban J connectivity index is 1.53. The van der Waals surface area contributed by atoms with Crippen LogP contribution < -0.4 is 16.0 Å². The molecule has 0 spiro atoms. The normalized spacial score (nSPS) is 21.5. The summed E-state index contributed by atoms with van der Waals surface area (Å²) >= 11 is 0. The molecule has 3 rings (SSSR count). The summed E-state index contributed by atoms with van der Waals surface area (Å²) in [6.45, 7) is 4.65. The van der Waals surface area contributed by atoms with Crippen LogP contribution in [0.4, 0.5) is 5.82 Å². The van der Waals surface area contributed by atoms with Crippen molar-refractivity contribution >= 4 is 17.6 Å². The van der Waals surface area contributed by atoms with E-state index in [2.05, 4.69) is 20.1 Å².